The largest absolute Gasteiger partial charge is 0.399 e. The van der Waals surface area contributed by atoms with E-state index in [1.807, 2.05) is 24.3 Å². The summed E-state index contributed by atoms with van der Waals surface area (Å²) in [4.78, 5) is 17.9. The van der Waals surface area contributed by atoms with Crippen LogP contribution in [0.3, 0.4) is 0 Å². The van der Waals surface area contributed by atoms with E-state index >= 15 is 0 Å². The molecular formula is C14H16N4O. The zero-order valence-electron chi connectivity index (χ0n) is 10.5. The van der Waals surface area contributed by atoms with Crippen molar-refractivity contribution in [1.29, 1.82) is 0 Å². The van der Waals surface area contributed by atoms with Crippen LogP contribution in [0.2, 0.25) is 0 Å². The monoisotopic (exact) mass is 256 g/mol. The number of carbonyl (C=O) groups excluding carboxylic acids is 1. The van der Waals surface area contributed by atoms with E-state index in [-0.39, 0.29) is 11.9 Å². The molecule has 1 fully saturated rings. The van der Waals surface area contributed by atoms with Crippen molar-refractivity contribution in [2.45, 2.75) is 18.9 Å². The molecule has 3 rings (SSSR count). The number of rotatable bonds is 2. The highest BCUT2D eigenvalue weighted by molar-refractivity contribution is 5.95. The van der Waals surface area contributed by atoms with Gasteiger partial charge in [-0.15, -0.1) is 0 Å². The van der Waals surface area contributed by atoms with E-state index in [1.54, 1.807) is 6.20 Å². The summed E-state index contributed by atoms with van der Waals surface area (Å²) in [6.45, 7) is 0.844. The molecule has 1 aromatic carbocycles. The van der Waals surface area contributed by atoms with Gasteiger partial charge in [0, 0.05) is 29.5 Å². The van der Waals surface area contributed by atoms with Gasteiger partial charge in [0.1, 0.15) is 6.04 Å². The van der Waals surface area contributed by atoms with Crippen molar-refractivity contribution in [3.63, 3.8) is 0 Å². The number of carbonyl (C=O) groups is 1. The fourth-order valence-corrected chi connectivity index (χ4v) is 2.75. The summed E-state index contributed by atoms with van der Waals surface area (Å²) < 4.78 is 0. The Morgan fingerprint density at radius 1 is 1.37 bits per heavy atom. The third-order valence-electron chi connectivity index (χ3n) is 3.63. The molecular weight excluding hydrogens is 240 g/mol. The summed E-state index contributed by atoms with van der Waals surface area (Å²) in [5.41, 5.74) is 13.8. The predicted octanol–water partition coefficient (Wildman–Crippen LogP) is 1.27. The van der Waals surface area contributed by atoms with Crippen LogP contribution in [0.4, 0.5) is 11.4 Å². The fourth-order valence-electron chi connectivity index (χ4n) is 2.75. The number of amides is 1. The summed E-state index contributed by atoms with van der Waals surface area (Å²) in [6.07, 6.45) is 3.54. The van der Waals surface area contributed by atoms with Crippen LogP contribution < -0.4 is 16.4 Å². The first-order chi connectivity index (χ1) is 9.16. The predicted molar refractivity (Wildman–Crippen MR) is 75.7 cm³/mol. The fraction of sp³-hybridized carbons (Fsp3) is 0.286. The molecule has 0 aliphatic carbocycles. The van der Waals surface area contributed by atoms with Crippen molar-refractivity contribution < 1.29 is 4.79 Å². The number of nitrogen functional groups attached to an aromatic ring is 1. The lowest BCUT2D eigenvalue weighted by molar-refractivity contribution is -0.119. The minimum absolute atomic E-state index is 0.219. The molecule has 19 heavy (non-hydrogen) atoms. The lowest BCUT2D eigenvalue weighted by Gasteiger charge is -2.25. The van der Waals surface area contributed by atoms with Crippen molar-refractivity contribution >= 4 is 28.2 Å². The standard InChI is InChI=1S/C14H16N4O/c15-9-3-4-10-11(8-9)17-6-5-12(10)18-7-1-2-13(18)14(16)19/h3-6,8,13H,1-2,7,15H2,(H2,16,19). The maximum Gasteiger partial charge on any atom is 0.240 e. The molecule has 0 saturated carbocycles. The van der Waals surface area contributed by atoms with Gasteiger partial charge >= 0.3 is 0 Å². The number of benzene rings is 1. The second-order valence-corrected chi connectivity index (χ2v) is 4.86. The van der Waals surface area contributed by atoms with E-state index in [9.17, 15) is 4.79 Å². The van der Waals surface area contributed by atoms with E-state index in [0.717, 1.165) is 36.0 Å². The highest BCUT2D eigenvalue weighted by atomic mass is 16.1. The average Bonchev–Trinajstić information content (AvgIpc) is 2.86. The molecule has 1 unspecified atom stereocenters. The van der Waals surface area contributed by atoms with Gasteiger partial charge in [-0.2, -0.15) is 0 Å². The molecule has 1 amide bonds. The Kier molecular flexibility index (Phi) is 2.74. The van der Waals surface area contributed by atoms with Gasteiger partial charge in [0.15, 0.2) is 0 Å². The van der Waals surface area contributed by atoms with Crippen LogP contribution in [0.25, 0.3) is 10.9 Å². The van der Waals surface area contributed by atoms with Crippen LogP contribution in [-0.2, 0) is 4.79 Å². The number of hydrogen-bond acceptors (Lipinski definition) is 4. The van der Waals surface area contributed by atoms with E-state index in [2.05, 4.69) is 9.88 Å². The first-order valence-electron chi connectivity index (χ1n) is 6.37. The molecule has 5 heteroatoms. The third-order valence-corrected chi connectivity index (χ3v) is 3.63. The van der Waals surface area contributed by atoms with Gasteiger partial charge < -0.3 is 16.4 Å². The van der Waals surface area contributed by atoms with Gasteiger partial charge in [-0.1, -0.05) is 0 Å². The van der Waals surface area contributed by atoms with E-state index in [0.29, 0.717) is 5.69 Å². The van der Waals surface area contributed by atoms with Crippen LogP contribution in [0.15, 0.2) is 30.5 Å². The minimum Gasteiger partial charge on any atom is -0.399 e. The number of pyridine rings is 1. The number of nitrogens with two attached hydrogens (primary N) is 2. The molecule has 98 valence electrons. The summed E-state index contributed by atoms with van der Waals surface area (Å²) >= 11 is 0. The van der Waals surface area contributed by atoms with Crippen LogP contribution in [0.1, 0.15) is 12.8 Å². The number of primary amides is 1. The Balaban J connectivity index is 2.12. The molecule has 1 saturated heterocycles. The Bertz CT molecular complexity index is 640. The number of anilines is 2. The molecule has 0 spiro atoms. The van der Waals surface area contributed by atoms with Crippen molar-refractivity contribution in [2.75, 3.05) is 17.2 Å². The number of aromatic nitrogens is 1. The Hall–Kier alpha value is -2.30. The molecule has 0 radical (unpaired) electrons. The third kappa shape index (κ3) is 1.97. The van der Waals surface area contributed by atoms with Crippen molar-refractivity contribution in [1.82, 2.24) is 4.98 Å². The van der Waals surface area contributed by atoms with Crippen LogP contribution in [0.5, 0.6) is 0 Å². The second-order valence-electron chi connectivity index (χ2n) is 4.86. The molecule has 1 aromatic heterocycles. The van der Waals surface area contributed by atoms with E-state index in [4.69, 9.17) is 11.5 Å². The second kappa shape index (κ2) is 4.42. The minimum atomic E-state index is -0.266. The summed E-state index contributed by atoms with van der Waals surface area (Å²) in [6, 6.07) is 7.35. The maximum absolute atomic E-state index is 11.5. The Morgan fingerprint density at radius 2 is 2.21 bits per heavy atom. The molecule has 1 aliphatic heterocycles. The van der Waals surface area contributed by atoms with Gasteiger partial charge in [-0.05, 0) is 37.1 Å². The quantitative estimate of drug-likeness (QED) is 0.792. The van der Waals surface area contributed by atoms with E-state index in [1.165, 1.54) is 0 Å². The van der Waals surface area contributed by atoms with Crippen molar-refractivity contribution in [3.05, 3.63) is 30.5 Å². The zero-order chi connectivity index (χ0) is 13.4. The van der Waals surface area contributed by atoms with Gasteiger partial charge in [0.2, 0.25) is 5.91 Å². The number of fused-ring (bicyclic) bond motifs is 1. The van der Waals surface area contributed by atoms with Gasteiger partial charge in [0.05, 0.1) is 5.52 Å². The molecule has 1 aliphatic rings. The number of hydrogen-bond donors (Lipinski definition) is 2. The molecule has 4 N–H and O–H groups in total. The highest BCUT2D eigenvalue weighted by Crippen LogP contribution is 2.31. The molecule has 2 heterocycles. The lowest BCUT2D eigenvalue weighted by Crippen LogP contribution is -2.40. The summed E-state index contributed by atoms with van der Waals surface area (Å²) in [5, 5.41) is 1.00. The maximum atomic E-state index is 11.5. The van der Waals surface area contributed by atoms with Crippen LogP contribution in [0, 0.1) is 0 Å². The smallest absolute Gasteiger partial charge is 0.240 e. The lowest BCUT2D eigenvalue weighted by atomic mass is 10.1. The van der Waals surface area contributed by atoms with Gasteiger partial charge in [-0.25, -0.2) is 0 Å². The first-order valence-corrected chi connectivity index (χ1v) is 6.37. The average molecular weight is 256 g/mol. The highest BCUT2D eigenvalue weighted by Gasteiger charge is 2.30. The molecule has 0 bridgehead atoms. The van der Waals surface area contributed by atoms with E-state index < -0.39 is 0 Å². The van der Waals surface area contributed by atoms with Crippen molar-refractivity contribution in [2.24, 2.45) is 5.73 Å². The summed E-state index contributed by atoms with van der Waals surface area (Å²) in [7, 11) is 0. The first kappa shape index (κ1) is 11.8. The SMILES string of the molecule is NC(=O)C1CCCN1c1ccnc2cc(N)ccc12. The zero-order valence-corrected chi connectivity index (χ0v) is 10.5. The molecule has 5 nitrogen and oxygen atoms in total. The molecule has 1 atom stereocenters. The van der Waals surface area contributed by atoms with Crippen molar-refractivity contribution in [3.8, 4) is 0 Å². The Labute approximate surface area is 111 Å². The topological polar surface area (TPSA) is 85.2 Å². The number of nitrogens with zero attached hydrogens (tertiary/aromatic N) is 2. The van der Waals surface area contributed by atoms with Crippen LogP contribution in [-0.4, -0.2) is 23.5 Å². The molecule has 2 aromatic rings. The van der Waals surface area contributed by atoms with Gasteiger partial charge in [0.25, 0.3) is 0 Å². The normalized spacial score (nSPS) is 18.9. The Morgan fingerprint density at radius 3 is 3.00 bits per heavy atom. The van der Waals surface area contributed by atoms with Gasteiger partial charge in [-0.3, -0.25) is 9.78 Å². The van der Waals surface area contributed by atoms with Crippen LogP contribution >= 0.6 is 0 Å². The summed E-state index contributed by atoms with van der Waals surface area (Å²) in [5.74, 6) is -0.266.